The quantitative estimate of drug-likeness (QED) is 0.387. The number of nitrogens with zero attached hydrogens (tertiary/aromatic N) is 7. The summed E-state index contributed by atoms with van der Waals surface area (Å²) in [5, 5.41) is 18.4. The zero-order valence-corrected chi connectivity index (χ0v) is 19.0. The average Bonchev–Trinajstić information content (AvgIpc) is 3.32. The van der Waals surface area contributed by atoms with Gasteiger partial charge in [-0.3, -0.25) is 14.5 Å². The normalized spacial score (nSPS) is 10.7. The third-order valence-electron chi connectivity index (χ3n) is 5.35. The van der Waals surface area contributed by atoms with Crippen molar-refractivity contribution in [2.45, 2.75) is 6.92 Å². The van der Waals surface area contributed by atoms with Gasteiger partial charge in [-0.05, 0) is 61.0 Å². The smallest absolute Gasteiger partial charge is 0.256 e. The van der Waals surface area contributed by atoms with Gasteiger partial charge in [0.1, 0.15) is 5.69 Å². The van der Waals surface area contributed by atoms with E-state index in [0.717, 1.165) is 28.2 Å². The zero-order valence-electron chi connectivity index (χ0n) is 19.0. The fraction of sp³-hybridized carbons (Fsp3) is 0.0800. The van der Waals surface area contributed by atoms with Gasteiger partial charge in [0.25, 0.3) is 5.91 Å². The Hall–Kier alpha value is -4.99. The van der Waals surface area contributed by atoms with Crippen LogP contribution in [-0.2, 0) is 7.05 Å². The molecule has 4 heterocycles. The van der Waals surface area contributed by atoms with E-state index in [1.807, 2.05) is 44.3 Å². The summed E-state index contributed by atoms with van der Waals surface area (Å²) in [5.41, 5.74) is 5.25. The second-order valence-corrected chi connectivity index (χ2v) is 7.76. The first-order valence-corrected chi connectivity index (χ1v) is 10.8. The molecule has 5 rings (SSSR count). The lowest BCUT2D eigenvalue weighted by molar-refractivity contribution is 0.102. The molecule has 1 amide bonds. The molecule has 0 fully saturated rings. The van der Waals surface area contributed by atoms with Crippen molar-refractivity contribution < 1.29 is 4.79 Å². The highest BCUT2D eigenvalue weighted by atomic mass is 16.1. The van der Waals surface area contributed by atoms with Crippen LogP contribution in [0, 0.1) is 6.92 Å². The number of amides is 1. The fourth-order valence-electron chi connectivity index (χ4n) is 3.46. The number of nitrogens with one attached hydrogen (secondary N) is 2. The molecule has 0 bridgehead atoms. The number of benzene rings is 1. The molecule has 4 aromatic heterocycles. The van der Waals surface area contributed by atoms with Gasteiger partial charge in [-0.2, -0.15) is 5.10 Å². The van der Waals surface area contributed by atoms with E-state index in [4.69, 9.17) is 0 Å². The lowest BCUT2D eigenvalue weighted by Gasteiger charge is -2.11. The largest absolute Gasteiger partial charge is 0.324 e. The Morgan fingerprint density at radius 2 is 1.86 bits per heavy atom. The third kappa shape index (κ3) is 4.86. The van der Waals surface area contributed by atoms with Gasteiger partial charge in [0.05, 0.1) is 11.4 Å². The van der Waals surface area contributed by atoms with Crippen LogP contribution in [0.1, 0.15) is 15.9 Å². The highest BCUT2D eigenvalue weighted by Crippen LogP contribution is 2.23. The molecule has 10 nitrogen and oxygen atoms in total. The minimum absolute atomic E-state index is 0.305. The zero-order chi connectivity index (χ0) is 24.2. The summed E-state index contributed by atoms with van der Waals surface area (Å²) in [5.74, 6) is 0.466. The van der Waals surface area contributed by atoms with Crippen molar-refractivity contribution in [3.05, 3.63) is 90.5 Å². The molecule has 0 aliphatic carbocycles. The predicted octanol–water partition coefficient (Wildman–Crippen LogP) is 4.03. The highest BCUT2D eigenvalue weighted by molar-refractivity contribution is 6.04. The number of anilines is 3. The van der Waals surface area contributed by atoms with Crippen molar-refractivity contribution in [2.75, 3.05) is 10.6 Å². The van der Waals surface area contributed by atoms with Crippen LogP contribution in [0.3, 0.4) is 0 Å². The van der Waals surface area contributed by atoms with Crippen LogP contribution in [0.4, 0.5) is 17.5 Å². The molecule has 0 unspecified atom stereocenters. The van der Waals surface area contributed by atoms with E-state index in [1.165, 1.54) is 0 Å². The van der Waals surface area contributed by atoms with Crippen LogP contribution in [-0.4, -0.2) is 40.8 Å². The number of carbonyl (C=O) groups excluding carboxylic acids is 1. The molecular formula is C25H21N9O. The topological polar surface area (TPSA) is 123 Å². The minimum atomic E-state index is -0.305. The Bertz CT molecular complexity index is 1480. The summed E-state index contributed by atoms with van der Waals surface area (Å²) in [6.45, 7) is 1.94. The van der Waals surface area contributed by atoms with Gasteiger partial charge in [0, 0.05) is 48.6 Å². The maximum absolute atomic E-state index is 12.9. The minimum Gasteiger partial charge on any atom is -0.324 e. The van der Waals surface area contributed by atoms with Gasteiger partial charge >= 0.3 is 0 Å². The molecule has 172 valence electrons. The SMILES string of the molecule is Cc1ccc(C(=O)Nc2ccc(-c3ccnn3C)nn2)cc1Nc1nccc(-c2cccnc2)n1. The number of rotatable bonds is 6. The molecule has 1 aromatic carbocycles. The number of hydrogen-bond acceptors (Lipinski definition) is 8. The van der Waals surface area contributed by atoms with Crippen molar-refractivity contribution in [1.29, 1.82) is 0 Å². The Morgan fingerprint density at radius 3 is 2.60 bits per heavy atom. The maximum atomic E-state index is 12.9. The summed E-state index contributed by atoms with van der Waals surface area (Å²) in [4.78, 5) is 25.9. The van der Waals surface area contributed by atoms with Crippen LogP contribution in [0.15, 0.2) is 79.4 Å². The molecule has 5 aromatic rings. The molecule has 0 aliphatic heterocycles. The van der Waals surface area contributed by atoms with E-state index in [9.17, 15) is 4.79 Å². The molecule has 0 radical (unpaired) electrons. The van der Waals surface area contributed by atoms with Gasteiger partial charge in [-0.25, -0.2) is 9.97 Å². The Kier molecular flexibility index (Phi) is 5.91. The van der Waals surface area contributed by atoms with Gasteiger partial charge in [0.15, 0.2) is 5.82 Å². The first-order valence-electron chi connectivity index (χ1n) is 10.8. The second-order valence-electron chi connectivity index (χ2n) is 7.76. The lowest BCUT2D eigenvalue weighted by atomic mass is 10.1. The van der Waals surface area contributed by atoms with E-state index < -0.39 is 0 Å². The molecular weight excluding hydrogens is 442 g/mol. The summed E-state index contributed by atoms with van der Waals surface area (Å²) < 4.78 is 1.71. The molecule has 0 spiro atoms. The summed E-state index contributed by atoms with van der Waals surface area (Å²) in [7, 11) is 1.83. The molecule has 0 aliphatic rings. The van der Waals surface area contributed by atoms with Crippen LogP contribution in [0.2, 0.25) is 0 Å². The fourth-order valence-corrected chi connectivity index (χ4v) is 3.46. The van der Waals surface area contributed by atoms with E-state index in [2.05, 4.69) is 40.9 Å². The van der Waals surface area contributed by atoms with Crippen molar-refractivity contribution in [2.24, 2.45) is 7.05 Å². The molecule has 35 heavy (non-hydrogen) atoms. The van der Waals surface area contributed by atoms with Gasteiger partial charge in [-0.15, -0.1) is 10.2 Å². The Balaban J connectivity index is 1.32. The molecule has 10 heteroatoms. The lowest BCUT2D eigenvalue weighted by Crippen LogP contribution is -2.14. The van der Waals surface area contributed by atoms with Gasteiger partial charge in [0.2, 0.25) is 5.95 Å². The van der Waals surface area contributed by atoms with Crippen LogP contribution >= 0.6 is 0 Å². The Labute approximate surface area is 201 Å². The van der Waals surface area contributed by atoms with E-state index >= 15 is 0 Å². The predicted molar refractivity (Wildman–Crippen MR) is 132 cm³/mol. The standard InChI is InChI=1S/C25H21N9O/c1-16-5-6-17(24(35)31-23-8-7-20(32-33-23)22-10-13-28-34(22)2)14-21(16)30-25-27-12-9-19(29-25)18-4-3-11-26-15-18/h3-15H,1-2H3,(H,27,29,30)(H,31,33,35). The summed E-state index contributed by atoms with van der Waals surface area (Å²) in [6, 6.07) is 16.3. The number of hydrogen-bond donors (Lipinski definition) is 2. The molecule has 0 saturated carbocycles. The summed E-state index contributed by atoms with van der Waals surface area (Å²) >= 11 is 0. The van der Waals surface area contributed by atoms with E-state index in [-0.39, 0.29) is 5.91 Å². The third-order valence-corrected chi connectivity index (χ3v) is 5.35. The first kappa shape index (κ1) is 21.8. The van der Waals surface area contributed by atoms with Crippen LogP contribution in [0.25, 0.3) is 22.6 Å². The summed E-state index contributed by atoms with van der Waals surface area (Å²) in [6.07, 6.45) is 6.83. The van der Waals surface area contributed by atoms with Crippen molar-refractivity contribution in [1.82, 2.24) is 34.9 Å². The Morgan fingerprint density at radius 1 is 0.943 bits per heavy atom. The highest BCUT2D eigenvalue weighted by Gasteiger charge is 2.12. The number of carbonyl (C=O) groups is 1. The van der Waals surface area contributed by atoms with Crippen molar-refractivity contribution in [3.63, 3.8) is 0 Å². The average molecular weight is 464 g/mol. The van der Waals surface area contributed by atoms with Crippen LogP contribution < -0.4 is 10.6 Å². The number of aromatic nitrogens is 7. The van der Waals surface area contributed by atoms with E-state index in [0.29, 0.717) is 23.0 Å². The van der Waals surface area contributed by atoms with Crippen molar-refractivity contribution in [3.8, 4) is 22.6 Å². The molecule has 2 N–H and O–H groups in total. The van der Waals surface area contributed by atoms with Crippen LogP contribution in [0.5, 0.6) is 0 Å². The number of aryl methyl sites for hydroxylation is 2. The van der Waals surface area contributed by atoms with E-state index in [1.54, 1.807) is 53.7 Å². The molecule has 0 atom stereocenters. The monoisotopic (exact) mass is 463 g/mol. The molecule has 0 saturated heterocycles. The van der Waals surface area contributed by atoms with Gasteiger partial charge < -0.3 is 10.6 Å². The maximum Gasteiger partial charge on any atom is 0.256 e. The number of pyridine rings is 1. The second kappa shape index (κ2) is 9.48. The van der Waals surface area contributed by atoms with Crippen molar-refractivity contribution >= 4 is 23.4 Å². The first-order chi connectivity index (χ1) is 17.1. The van der Waals surface area contributed by atoms with Gasteiger partial charge in [-0.1, -0.05) is 6.07 Å².